The molecule has 0 saturated heterocycles. The van der Waals surface area contributed by atoms with Crippen LogP contribution >= 0.6 is 23.8 Å². The van der Waals surface area contributed by atoms with Gasteiger partial charge in [0.1, 0.15) is 21.6 Å². The molecular weight excluding hydrogens is 196 g/mol. The second-order valence-electron chi connectivity index (χ2n) is 2.08. The highest BCUT2D eigenvalue weighted by atomic mass is 35.5. The van der Waals surface area contributed by atoms with Gasteiger partial charge in [-0.1, -0.05) is 23.8 Å². The number of aromatic nitrogens is 1. The topological polar surface area (TPSA) is 48.1 Å². The minimum absolute atomic E-state index is 0.204. The van der Waals surface area contributed by atoms with Crippen molar-refractivity contribution in [2.75, 3.05) is 7.11 Å². The maximum Gasteiger partial charge on any atom is 0.133 e. The van der Waals surface area contributed by atoms with Crippen LogP contribution < -0.4 is 10.5 Å². The van der Waals surface area contributed by atoms with Gasteiger partial charge in [0, 0.05) is 12.1 Å². The summed E-state index contributed by atoms with van der Waals surface area (Å²) in [6, 6.07) is 3.22. The first-order chi connectivity index (χ1) is 5.63. The Hall–Kier alpha value is -0.870. The molecule has 0 aliphatic rings. The number of hydrogen-bond acceptors (Lipinski definition) is 3. The van der Waals surface area contributed by atoms with E-state index in [0.29, 0.717) is 16.6 Å². The van der Waals surface area contributed by atoms with Gasteiger partial charge in [0.25, 0.3) is 0 Å². The molecule has 0 aromatic carbocycles. The van der Waals surface area contributed by atoms with E-state index in [9.17, 15) is 0 Å². The molecule has 1 heterocycles. The quantitative estimate of drug-likeness (QED) is 0.582. The van der Waals surface area contributed by atoms with Crippen LogP contribution in [0.4, 0.5) is 0 Å². The lowest BCUT2D eigenvalue weighted by atomic mass is 10.3. The predicted molar refractivity (Wildman–Crippen MR) is 51.7 cm³/mol. The van der Waals surface area contributed by atoms with Crippen molar-refractivity contribution < 1.29 is 4.74 Å². The van der Waals surface area contributed by atoms with E-state index in [1.165, 1.54) is 7.11 Å². The Bertz CT molecular complexity index is 316. The number of rotatable bonds is 2. The number of pyridine rings is 1. The van der Waals surface area contributed by atoms with E-state index >= 15 is 0 Å². The molecule has 0 spiro atoms. The molecule has 3 nitrogen and oxygen atoms in total. The van der Waals surface area contributed by atoms with Crippen LogP contribution in [-0.2, 0) is 0 Å². The number of methoxy groups -OCH3 is 1. The lowest BCUT2D eigenvalue weighted by Crippen LogP contribution is -2.11. The summed E-state index contributed by atoms with van der Waals surface area (Å²) in [7, 11) is 1.54. The van der Waals surface area contributed by atoms with Gasteiger partial charge in [0.05, 0.1) is 7.11 Å². The summed E-state index contributed by atoms with van der Waals surface area (Å²) in [4.78, 5) is 4.10. The first kappa shape index (κ1) is 9.22. The summed E-state index contributed by atoms with van der Waals surface area (Å²) in [5.74, 6) is 0.595. The van der Waals surface area contributed by atoms with E-state index in [0.717, 1.165) is 0 Å². The van der Waals surface area contributed by atoms with Crippen molar-refractivity contribution in [3.05, 3.63) is 23.0 Å². The van der Waals surface area contributed by atoms with E-state index in [1.807, 2.05) is 0 Å². The molecule has 0 amide bonds. The lowest BCUT2D eigenvalue weighted by molar-refractivity contribution is 0.414. The van der Waals surface area contributed by atoms with Crippen LogP contribution in [0.3, 0.4) is 0 Å². The van der Waals surface area contributed by atoms with Gasteiger partial charge < -0.3 is 10.5 Å². The van der Waals surface area contributed by atoms with Crippen molar-refractivity contribution in [2.45, 2.75) is 0 Å². The SMILES string of the molecule is COc1cc(Cl)nc(C(N)=S)c1. The van der Waals surface area contributed by atoms with Crippen LogP contribution in [0, 0.1) is 0 Å². The summed E-state index contributed by atoms with van der Waals surface area (Å²) in [5.41, 5.74) is 5.83. The van der Waals surface area contributed by atoms with E-state index in [-0.39, 0.29) is 4.99 Å². The van der Waals surface area contributed by atoms with Gasteiger partial charge in [-0.2, -0.15) is 0 Å². The minimum Gasteiger partial charge on any atom is -0.497 e. The van der Waals surface area contributed by atoms with Crippen LogP contribution in [-0.4, -0.2) is 17.1 Å². The summed E-state index contributed by atoms with van der Waals surface area (Å²) in [6.07, 6.45) is 0. The van der Waals surface area contributed by atoms with Crippen molar-refractivity contribution in [3.63, 3.8) is 0 Å². The van der Waals surface area contributed by atoms with Crippen molar-refractivity contribution in [2.24, 2.45) is 5.73 Å². The van der Waals surface area contributed by atoms with Crippen molar-refractivity contribution in [1.29, 1.82) is 0 Å². The summed E-state index contributed by atoms with van der Waals surface area (Å²) in [6.45, 7) is 0. The van der Waals surface area contributed by atoms with Crippen molar-refractivity contribution in [3.8, 4) is 5.75 Å². The average molecular weight is 203 g/mol. The Morgan fingerprint density at radius 1 is 1.67 bits per heavy atom. The zero-order valence-electron chi connectivity index (χ0n) is 6.37. The molecule has 1 aromatic heterocycles. The van der Waals surface area contributed by atoms with Crippen LogP contribution in [0.2, 0.25) is 5.15 Å². The number of nitrogens with two attached hydrogens (primary N) is 1. The van der Waals surface area contributed by atoms with Crippen LogP contribution in [0.15, 0.2) is 12.1 Å². The van der Waals surface area contributed by atoms with Gasteiger partial charge in [0.15, 0.2) is 0 Å². The fraction of sp³-hybridized carbons (Fsp3) is 0.143. The number of ether oxygens (including phenoxy) is 1. The average Bonchev–Trinajstić information content (AvgIpc) is 2.03. The third-order valence-corrected chi connectivity index (χ3v) is 1.66. The molecule has 0 bridgehead atoms. The summed E-state index contributed by atoms with van der Waals surface area (Å²) in [5, 5.41) is 0.317. The zero-order chi connectivity index (χ0) is 9.14. The van der Waals surface area contributed by atoms with E-state index < -0.39 is 0 Å². The van der Waals surface area contributed by atoms with E-state index in [2.05, 4.69) is 4.98 Å². The Morgan fingerprint density at radius 2 is 2.33 bits per heavy atom. The van der Waals surface area contributed by atoms with E-state index in [1.54, 1.807) is 12.1 Å². The Labute approximate surface area is 80.5 Å². The third-order valence-electron chi connectivity index (χ3n) is 1.26. The number of halogens is 1. The van der Waals surface area contributed by atoms with Gasteiger partial charge >= 0.3 is 0 Å². The highest BCUT2D eigenvalue weighted by molar-refractivity contribution is 7.80. The summed E-state index contributed by atoms with van der Waals surface area (Å²) < 4.78 is 4.95. The monoisotopic (exact) mass is 202 g/mol. The lowest BCUT2D eigenvalue weighted by Gasteiger charge is -2.02. The van der Waals surface area contributed by atoms with Gasteiger partial charge in [-0.3, -0.25) is 0 Å². The molecule has 2 N–H and O–H groups in total. The number of hydrogen-bond donors (Lipinski definition) is 1. The molecule has 0 aliphatic carbocycles. The van der Waals surface area contributed by atoms with E-state index in [4.69, 9.17) is 34.3 Å². The fourth-order valence-electron chi connectivity index (χ4n) is 0.718. The Kier molecular flexibility index (Phi) is 2.83. The Morgan fingerprint density at radius 3 is 2.83 bits per heavy atom. The molecule has 0 fully saturated rings. The minimum atomic E-state index is 0.204. The largest absolute Gasteiger partial charge is 0.497 e. The molecule has 0 unspecified atom stereocenters. The normalized spacial score (nSPS) is 9.50. The molecule has 5 heteroatoms. The maximum absolute atomic E-state index is 5.67. The molecule has 64 valence electrons. The maximum atomic E-state index is 5.67. The predicted octanol–water partition coefficient (Wildman–Crippen LogP) is 1.38. The van der Waals surface area contributed by atoms with Crippen molar-refractivity contribution >= 4 is 28.8 Å². The molecular formula is C7H7ClN2OS. The molecule has 12 heavy (non-hydrogen) atoms. The molecule has 0 saturated carbocycles. The molecule has 0 aliphatic heterocycles. The zero-order valence-corrected chi connectivity index (χ0v) is 7.95. The molecule has 1 aromatic rings. The highest BCUT2D eigenvalue weighted by Gasteiger charge is 2.02. The first-order valence-corrected chi connectivity index (χ1v) is 3.93. The first-order valence-electron chi connectivity index (χ1n) is 3.15. The van der Waals surface area contributed by atoms with Crippen molar-refractivity contribution in [1.82, 2.24) is 4.98 Å². The Balaban J connectivity index is 3.15. The standard InChI is InChI=1S/C7H7ClN2OS/c1-11-4-2-5(7(9)12)10-6(8)3-4/h2-3H,1H3,(H2,9,12). The second-order valence-corrected chi connectivity index (χ2v) is 2.91. The van der Waals surface area contributed by atoms with Crippen LogP contribution in [0.1, 0.15) is 5.69 Å². The van der Waals surface area contributed by atoms with Gasteiger partial charge in [-0.15, -0.1) is 0 Å². The number of nitrogens with zero attached hydrogens (tertiary/aromatic N) is 1. The number of thiocarbonyl (C=S) groups is 1. The molecule has 0 atom stereocenters. The highest BCUT2D eigenvalue weighted by Crippen LogP contribution is 2.16. The molecule has 0 radical (unpaired) electrons. The van der Waals surface area contributed by atoms with Gasteiger partial charge in [-0.25, -0.2) is 4.98 Å². The second kappa shape index (κ2) is 3.69. The van der Waals surface area contributed by atoms with Crippen LogP contribution in [0.25, 0.3) is 0 Å². The van der Waals surface area contributed by atoms with Gasteiger partial charge in [-0.05, 0) is 0 Å². The van der Waals surface area contributed by atoms with Crippen LogP contribution in [0.5, 0.6) is 5.75 Å². The van der Waals surface area contributed by atoms with Gasteiger partial charge in [0.2, 0.25) is 0 Å². The molecule has 1 rings (SSSR count). The smallest absolute Gasteiger partial charge is 0.133 e. The third kappa shape index (κ3) is 2.06. The fourth-order valence-corrected chi connectivity index (χ4v) is 1.02. The summed E-state index contributed by atoms with van der Waals surface area (Å²) >= 11 is 10.4.